The van der Waals surface area contributed by atoms with E-state index >= 15 is 0 Å². The summed E-state index contributed by atoms with van der Waals surface area (Å²) in [6.45, 7) is 4.08. The third-order valence-electron chi connectivity index (χ3n) is 5.37. The fraction of sp³-hybridized carbons (Fsp3) is 0.429. The first-order valence-corrected chi connectivity index (χ1v) is 9.54. The quantitative estimate of drug-likeness (QED) is 0.791. The molecule has 2 heterocycles. The van der Waals surface area contributed by atoms with Gasteiger partial charge in [0.2, 0.25) is 0 Å². The maximum absolute atomic E-state index is 13.4. The lowest BCUT2D eigenvalue weighted by Crippen LogP contribution is -2.51. The Balaban J connectivity index is 1.77. The number of amides is 1. The smallest absolute Gasteiger partial charge is 0.255 e. The Hall–Kier alpha value is -2.11. The number of hydrogen-bond donors (Lipinski definition) is 1. The summed E-state index contributed by atoms with van der Waals surface area (Å²) in [5, 5.41) is 11.0. The normalized spacial score (nSPS) is 17.8. The number of methoxy groups -OCH3 is 1. The molecule has 1 atom stereocenters. The summed E-state index contributed by atoms with van der Waals surface area (Å²) >= 11 is 6.14. The maximum atomic E-state index is 13.4. The van der Waals surface area contributed by atoms with Crippen molar-refractivity contribution in [1.82, 2.24) is 9.88 Å². The molecule has 2 aromatic rings. The molecule has 1 aliphatic heterocycles. The number of ether oxygens (including phenoxy) is 1. The van der Waals surface area contributed by atoms with Crippen molar-refractivity contribution >= 4 is 17.5 Å². The summed E-state index contributed by atoms with van der Waals surface area (Å²) in [5.74, 6) is 0.897. The Bertz CT molecular complexity index is 903. The number of carbonyl (C=O) groups is 1. The number of hydrogen-bond acceptors (Lipinski definition) is 4. The average molecular weight is 387 g/mol. The van der Waals surface area contributed by atoms with Gasteiger partial charge in [0.25, 0.3) is 5.91 Å². The molecule has 0 saturated heterocycles. The second-order valence-corrected chi connectivity index (χ2v) is 8.31. The fourth-order valence-corrected chi connectivity index (χ4v) is 4.37. The third-order valence-corrected chi connectivity index (χ3v) is 5.57. The van der Waals surface area contributed by atoms with E-state index in [1.165, 1.54) is 0 Å². The van der Waals surface area contributed by atoms with E-state index in [4.69, 9.17) is 16.3 Å². The molecule has 1 saturated carbocycles. The van der Waals surface area contributed by atoms with Crippen LogP contribution in [0.1, 0.15) is 42.6 Å². The highest BCUT2D eigenvalue weighted by atomic mass is 35.5. The standard InChI is InChI=1S/C21H23ClN2O3/c1-21(2,26)19(12-7-8-12)24-11-13-5-4-6-15(18(13)20(24)25)16-9-14(27-3)10-17(22)23-16/h4-6,9-10,12,19,26H,7-8,11H2,1-3H3. The minimum absolute atomic E-state index is 0.0552. The van der Waals surface area contributed by atoms with Crippen LogP contribution in [-0.2, 0) is 6.54 Å². The summed E-state index contributed by atoms with van der Waals surface area (Å²) in [6.07, 6.45) is 2.10. The number of fused-ring (bicyclic) bond motifs is 1. The van der Waals surface area contributed by atoms with Gasteiger partial charge in [-0.3, -0.25) is 4.79 Å². The topological polar surface area (TPSA) is 62.7 Å². The summed E-state index contributed by atoms with van der Waals surface area (Å²) in [7, 11) is 1.57. The molecule has 1 fully saturated rings. The first kappa shape index (κ1) is 18.3. The van der Waals surface area contributed by atoms with Crippen LogP contribution in [0.25, 0.3) is 11.3 Å². The number of benzene rings is 1. The van der Waals surface area contributed by atoms with Gasteiger partial charge in [-0.2, -0.15) is 0 Å². The average Bonchev–Trinajstić information content (AvgIpc) is 3.37. The Labute approximate surface area is 163 Å². The molecule has 1 N–H and O–H groups in total. The molecule has 6 heteroatoms. The molecule has 0 radical (unpaired) electrons. The van der Waals surface area contributed by atoms with Crippen LogP contribution < -0.4 is 4.74 Å². The lowest BCUT2D eigenvalue weighted by Gasteiger charge is -2.37. The van der Waals surface area contributed by atoms with Gasteiger partial charge in [0, 0.05) is 24.2 Å². The van der Waals surface area contributed by atoms with E-state index in [1.54, 1.807) is 33.1 Å². The first-order valence-electron chi connectivity index (χ1n) is 9.17. The third kappa shape index (κ3) is 3.30. The van der Waals surface area contributed by atoms with E-state index in [2.05, 4.69) is 4.98 Å². The largest absolute Gasteiger partial charge is 0.497 e. The van der Waals surface area contributed by atoms with Gasteiger partial charge < -0.3 is 14.7 Å². The van der Waals surface area contributed by atoms with Gasteiger partial charge in [-0.05, 0) is 38.2 Å². The summed E-state index contributed by atoms with van der Waals surface area (Å²) < 4.78 is 5.29. The van der Waals surface area contributed by atoms with E-state index in [0.717, 1.165) is 24.0 Å². The minimum Gasteiger partial charge on any atom is -0.497 e. The van der Waals surface area contributed by atoms with Gasteiger partial charge in [-0.25, -0.2) is 4.98 Å². The van der Waals surface area contributed by atoms with Crippen molar-refractivity contribution in [3.8, 4) is 17.0 Å². The van der Waals surface area contributed by atoms with Crippen LogP contribution in [0.15, 0.2) is 30.3 Å². The number of pyridine rings is 1. The van der Waals surface area contributed by atoms with E-state index < -0.39 is 5.60 Å². The predicted molar refractivity (Wildman–Crippen MR) is 104 cm³/mol. The predicted octanol–water partition coefficient (Wildman–Crippen LogP) is 3.92. The van der Waals surface area contributed by atoms with Crippen molar-refractivity contribution in [2.75, 3.05) is 7.11 Å². The lowest BCUT2D eigenvalue weighted by molar-refractivity contribution is -0.0224. The van der Waals surface area contributed by atoms with Crippen LogP contribution in [0.2, 0.25) is 5.15 Å². The maximum Gasteiger partial charge on any atom is 0.255 e. The highest BCUT2D eigenvalue weighted by Crippen LogP contribution is 2.44. The second-order valence-electron chi connectivity index (χ2n) is 7.92. The number of aliphatic hydroxyl groups is 1. The number of carbonyl (C=O) groups excluding carboxylic acids is 1. The number of rotatable bonds is 5. The molecule has 4 rings (SSSR count). The van der Waals surface area contributed by atoms with Gasteiger partial charge in [0.05, 0.1) is 30.0 Å². The molecule has 5 nitrogen and oxygen atoms in total. The zero-order valence-corrected chi connectivity index (χ0v) is 16.5. The molecule has 1 aromatic heterocycles. The summed E-state index contributed by atoms with van der Waals surface area (Å²) in [5.41, 5.74) is 2.00. The zero-order chi connectivity index (χ0) is 19.3. The fourth-order valence-electron chi connectivity index (χ4n) is 4.18. The van der Waals surface area contributed by atoms with Crippen molar-refractivity contribution in [2.45, 2.75) is 44.9 Å². The van der Waals surface area contributed by atoms with Crippen LogP contribution in [0.4, 0.5) is 0 Å². The van der Waals surface area contributed by atoms with Crippen LogP contribution in [0.5, 0.6) is 5.75 Å². The summed E-state index contributed by atoms with van der Waals surface area (Å²) in [4.78, 5) is 19.6. The highest BCUT2D eigenvalue weighted by Gasteiger charge is 2.48. The van der Waals surface area contributed by atoms with E-state index in [0.29, 0.717) is 34.6 Å². The van der Waals surface area contributed by atoms with Crippen LogP contribution in [0, 0.1) is 5.92 Å². The van der Waals surface area contributed by atoms with E-state index in [9.17, 15) is 9.90 Å². The number of halogens is 1. The van der Waals surface area contributed by atoms with Gasteiger partial charge in [-0.1, -0.05) is 29.8 Å². The van der Waals surface area contributed by atoms with Gasteiger partial charge >= 0.3 is 0 Å². The number of aromatic nitrogens is 1. The Morgan fingerprint density at radius 2 is 2.07 bits per heavy atom. The van der Waals surface area contributed by atoms with Crippen molar-refractivity contribution in [3.63, 3.8) is 0 Å². The molecule has 1 aromatic carbocycles. The molecule has 1 aliphatic carbocycles. The van der Waals surface area contributed by atoms with Crippen LogP contribution in [-0.4, -0.2) is 39.7 Å². The molecular weight excluding hydrogens is 364 g/mol. The van der Waals surface area contributed by atoms with E-state index in [1.807, 2.05) is 23.1 Å². The highest BCUT2D eigenvalue weighted by molar-refractivity contribution is 6.29. The van der Waals surface area contributed by atoms with Crippen LogP contribution in [0.3, 0.4) is 0 Å². The number of nitrogens with zero attached hydrogens (tertiary/aromatic N) is 2. The zero-order valence-electron chi connectivity index (χ0n) is 15.7. The molecule has 27 heavy (non-hydrogen) atoms. The minimum atomic E-state index is -0.948. The Morgan fingerprint density at radius 3 is 2.70 bits per heavy atom. The molecule has 0 spiro atoms. The Kier molecular flexibility index (Phi) is 4.40. The second kappa shape index (κ2) is 6.50. The molecular formula is C21H23ClN2O3. The van der Waals surface area contributed by atoms with Gasteiger partial charge in [0.15, 0.2) is 0 Å². The summed E-state index contributed by atoms with van der Waals surface area (Å²) in [6, 6.07) is 9.01. The van der Waals surface area contributed by atoms with Crippen molar-refractivity contribution in [1.29, 1.82) is 0 Å². The lowest BCUT2D eigenvalue weighted by atomic mass is 9.93. The monoisotopic (exact) mass is 386 g/mol. The van der Waals surface area contributed by atoms with Crippen molar-refractivity contribution in [2.24, 2.45) is 5.92 Å². The molecule has 1 unspecified atom stereocenters. The molecule has 1 amide bonds. The Morgan fingerprint density at radius 1 is 1.33 bits per heavy atom. The molecule has 2 aliphatic rings. The molecule has 0 bridgehead atoms. The van der Waals surface area contributed by atoms with Gasteiger partial charge in [-0.15, -0.1) is 0 Å². The SMILES string of the molecule is COc1cc(Cl)nc(-c2cccc3c2C(=O)N(C(C2CC2)C(C)(C)O)C3)c1. The van der Waals surface area contributed by atoms with Crippen molar-refractivity contribution in [3.05, 3.63) is 46.6 Å². The van der Waals surface area contributed by atoms with Crippen LogP contribution >= 0.6 is 11.6 Å². The first-order chi connectivity index (χ1) is 12.8. The molecule has 142 valence electrons. The van der Waals surface area contributed by atoms with Crippen molar-refractivity contribution < 1.29 is 14.6 Å². The van der Waals surface area contributed by atoms with E-state index in [-0.39, 0.29) is 11.9 Å². The van der Waals surface area contributed by atoms with Gasteiger partial charge in [0.1, 0.15) is 10.9 Å².